The first-order valence-electron chi connectivity index (χ1n) is 6.86. The van der Waals surface area contributed by atoms with Crippen LogP contribution in [0.25, 0.3) is 6.08 Å². The van der Waals surface area contributed by atoms with Crippen molar-refractivity contribution in [3.63, 3.8) is 0 Å². The molecule has 0 atom stereocenters. The number of benzene rings is 1. The molecule has 1 aliphatic rings. The fourth-order valence-electron chi connectivity index (χ4n) is 2.39. The highest BCUT2D eigenvalue weighted by Gasteiger charge is 2.33. The van der Waals surface area contributed by atoms with Gasteiger partial charge in [0.05, 0.1) is 18.5 Å². The summed E-state index contributed by atoms with van der Waals surface area (Å²) in [6, 6.07) is 11.2. The largest absolute Gasteiger partial charge is 0.484 e. The Labute approximate surface area is 123 Å². The van der Waals surface area contributed by atoms with E-state index in [2.05, 4.69) is 0 Å². The number of hydrogen-bond donors (Lipinski definition) is 0. The van der Waals surface area contributed by atoms with Gasteiger partial charge in [0.15, 0.2) is 0 Å². The number of hydrogen-bond acceptors (Lipinski definition) is 3. The first-order valence-corrected chi connectivity index (χ1v) is 6.86. The lowest BCUT2D eigenvalue weighted by molar-refractivity contribution is -0.115. The number of anilines is 1. The fraction of sp³-hybridized carbons (Fsp3) is 0.235. The van der Waals surface area contributed by atoms with E-state index in [4.69, 9.17) is 9.15 Å². The highest BCUT2D eigenvalue weighted by atomic mass is 16.5. The van der Waals surface area contributed by atoms with Crippen molar-refractivity contribution in [3.05, 3.63) is 54.5 Å². The van der Waals surface area contributed by atoms with Crippen molar-refractivity contribution in [2.45, 2.75) is 19.4 Å². The van der Waals surface area contributed by atoms with E-state index in [1.54, 1.807) is 29.4 Å². The second kappa shape index (κ2) is 5.13. The Balaban J connectivity index is 1.89. The van der Waals surface area contributed by atoms with Crippen LogP contribution in [0.3, 0.4) is 0 Å². The van der Waals surface area contributed by atoms with Crippen molar-refractivity contribution in [2.24, 2.45) is 0 Å². The number of carbonyl (C=O) groups excluding carboxylic acids is 1. The summed E-state index contributed by atoms with van der Waals surface area (Å²) < 4.78 is 11.1. The third-order valence-electron chi connectivity index (χ3n) is 3.28. The van der Waals surface area contributed by atoms with Crippen LogP contribution >= 0.6 is 0 Å². The molecule has 1 aromatic carbocycles. The predicted octanol–water partition coefficient (Wildman–Crippen LogP) is 3.50. The molecule has 0 unspecified atom stereocenters. The Hall–Kier alpha value is -2.49. The van der Waals surface area contributed by atoms with Gasteiger partial charge in [-0.2, -0.15) is 0 Å². The normalized spacial score (nSPS) is 16.6. The maximum Gasteiger partial charge on any atom is 0.251 e. The summed E-state index contributed by atoms with van der Waals surface area (Å²) in [5, 5.41) is 0. The molecule has 4 heteroatoms. The zero-order chi connectivity index (χ0) is 14.9. The smallest absolute Gasteiger partial charge is 0.251 e. The first kappa shape index (κ1) is 13.5. The molecule has 1 aliphatic heterocycles. The van der Waals surface area contributed by atoms with E-state index in [-0.39, 0.29) is 5.91 Å². The van der Waals surface area contributed by atoms with Crippen LogP contribution in [-0.2, 0) is 4.79 Å². The molecule has 0 saturated carbocycles. The number of rotatable bonds is 2. The van der Waals surface area contributed by atoms with E-state index in [1.165, 1.54) is 6.08 Å². The van der Waals surface area contributed by atoms with E-state index < -0.39 is 5.60 Å². The number of fused-ring (bicyclic) bond motifs is 1. The van der Waals surface area contributed by atoms with Crippen molar-refractivity contribution in [1.82, 2.24) is 0 Å². The summed E-state index contributed by atoms with van der Waals surface area (Å²) in [7, 11) is 0. The maximum absolute atomic E-state index is 12.5. The van der Waals surface area contributed by atoms with E-state index in [9.17, 15) is 4.79 Å². The second-order valence-electron chi connectivity index (χ2n) is 5.60. The highest BCUT2D eigenvalue weighted by Crippen LogP contribution is 2.36. The molecular weight excluding hydrogens is 266 g/mol. The molecule has 0 N–H and O–H groups in total. The highest BCUT2D eigenvalue weighted by molar-refractivity contribution is 6.05. The van der Waals surface area contributed by atoms with Crippen molar-refractivity contribution in [3.8, 4) is 5.75 Å². The molecule has 0 saturated heterocycles. The molecule has 0 spiro atoms. The quantitative estimate of drug-likeness (QED) is 0.792. The van der Waals surface area contributed by atoms with Crippen LogP contribution in [0.5, 0.6) is 5.75 Å². The van der Waals surface area contributed by atoms with Gasteiger partial charge in [-0.15, -0.1) is 0 Å². The van der Waals surface area contributed by atoms with E-state index in [0.29, 0.717) is 12.3 Å². The average Bonchev–Trinajstić information content (AvgIpc) is 2.96. The summed E-state index contributed by atoms with van der Waals surface area (Å²) in [4.78, 5) is 14.2. The number of ether oxygens (including phenoxy) is 1. The molecule has 21 heavy (non-hydrogen) atoms. The Bertz CT molecular complexity index is 671. The molecule has 0 bridgehead atoms. The Kier molecular flexibility index (Phi) is 3.29. The number of carbonyl (C=O) groups is 1. The van der Waals surface area contributed by atoms with E-state index in [0.717, 1.165) is 11.4 Å². The number of amides is 1. The maximum atomic E-state index is 12.5. The topological polar surface area (TPSA) is 42.7 Å². The Morgan fingerprint density at radius 1 is 1.24 bits per heavy atom. The van der Waals surface area contributed by atoms with Gasteiger partial charge in [0.25, 0.3) is 5.91 Å². The summed E-state index contributed by atoms with van der Waals surface area (Å²) in [5.41, 5.74) is 0.383. The zero-order valence-electron chi connectivity index (χ0n) is 12.1. The van der Waals surface area contributed by atoms with Crippen LogP contribution < -0.4 is 9.64 Å². The summed E-state index contributed by atoms with van der Waals surface area (Å²) in [6.45, 7) is 4.45. The van der Waals surface area contributed by atoms with Crippen LogP contribution in [0.15, 0.2) is 53.2 Å². The van der Waals surface area contributed by atoms with Crippen LogP contribution in [0.4, 0.5) is 5.69 Å². The molecule has 1 aromatic heterocycles. The monoisotopic (exact) mass is 283 g/mol. The summed E-state index contributed by atoms with van der Waals surface area (Å²) in [6.07, 6.45) is 4.78. The van der Waals surface area contributed by atoms with E-state index >= 15 is 0 Å². The Morgan fingerprint density at radius 2 is 2.05 bits per heavy atom. The lowest BCUT2D eigenvalue weighted by atomic mass is 10.0. The van der Waals surface area contributed by atoms with Gasteiger partial charge in [-0.3, -0.25) is 4.79 Å². The fourth-order valence-corrected chi connectivity index (χ4v) is 2.39. The minimum absolute atomic E-state index is 0.0878. The van der Waals surface area contributed by atoms with Gasteiger partial charge in [0.1, 0.15) is 17.1 Å². The first-order chi connectivity index (χ1) is 10.1. The van der Waals surface area contributed by atoms with Crippen LogP contribution in [-0.4, -0.2) is 18.1 Å². The summed E-state index contributed by atoms with van der Waals surface area (Å²) in [5.74, 6) is 1.30. The summed E-state index contributed by atoms with van der Waals surface area (Å²) >= 11 is 0. The third-order valence-corrected chi connectivity index (χ3v) is 3.28. The second-order valence-corrected chi connectivity index (χ2v) is 5.60. The predicted molar refractivity (Wildman–Crippen MR) is 81.2 cm³/mol. The van der Waals surface area contributed by atoms with Gasteiger partial charge in [-0.1, -0.05) is 12.1 Å². The molecule has 4 nitrogen and oxygen atoms in total. The molecule has 1 amide bonds. The van der Waals surface area contributed by atoms with Gasteiger partial charge in [0.2, 0.25) is 0 Å². The standard InChI is InChI=1S/C17H17NO3/c1-17(2)12-18(14-7-3-4-8-15(14)21-17)16(19)10-9-13-6-5-11-20-13/h3-11H,12H2,1-2H3/b10-9+. The van der Waals surface area contributed by atoms with Gasteiger partial charge < -0.3 is 14.1 Å². The van der Waals surface area contributed by atoms with Gasteiger partial charge >= 0.3 is 0 Å². The van der Waals surface area contributed by atoms with Crippen molar-refractivity contribution >= 4 is 17.7 Å². The van der Waals surface area contributed by atoms with Gasteiger partial charge in [-0.25, -0.2) is 0 Å². The number of furan rings is 1. The van der Waals surface area contributed by atoms with Gasteiger partial charge in [0, 0.05) is 6.08 Å². The molecule has 0 fully saturated rings. The van der Waals surface area contributed by atoms with Crippen LogP contribution in [0.1, 0.15) is 19.6 Å². The average molecular weight is 283 g/mol. The van der Waals surface area contributed by atoms with Gasteiger partial charge in [-0.05, 0) is 44.2 Å². The SMILES string of the molecule is CC1(C)CN(C(=O)/C=C/c2ccco2)c2ccccc2O1. The molecule has 2 aromatic rings. The van der Waals surface area contributed by atoms with Crippen molar-refractivity contribution in [2.75, 3.05) is 11.4 Å². The molecule has 2 heterocycles. The van der Waals surface area contributed by atoms with Crippen molar-refractivity contribution < 1.29 is 13.9 Å². The van der Waals surface area contributed by atoms with Crippen LogP contribution in [0.2, 0.25) is 0 Å². The van der Waals surface area contributed by atoms with E-state index in [1.807, 2.05) is 38.1 Å². The van der Waals surface area contributed by atoms with Crippen LogP contribution in [0, 0.1) is 0 Å². The molecule has 3 rings (SSSR count). The number of nitrogens with zero attached hydrogens (tertiary/aromatic N) is 1. The molecule has 108 valence electrons. The lowest BCUT2D eigenvalue weighted by Crippen LogP contribution is -2.48. The molecular formula is C17H17NO3. The number of para-hydroxylation sites is 2. The third kappa shape index (κ3) is 2.84. The van der Waals surface area contributed by atoms with Crippen molar-refractivity contribution in [1.29, 1.82) is 0 Å². The minimum atomic E-state index is -0.414. The zero-order valence-corrected chi connectivity index (χ0v) is 12.1. The molecule has 0 radical (unpaired) electrons. The minimum Gasteiger partial charge on any atom is -0.484 e. The molecule has 0 aliphatic carbocycles. The Morgan fingerprint density at radius 3 is 2.81 bits per heavy atom. The lowest BCUT2D eigenvalue weighted by Gasteiger charge is -2.39.